The first-order valence-corrected chi connectivity index (χ1v) is 5.94. The molecule has 0 radical (unpaired) electrons. The number of thiazole rings is 1. The minimum atomic E-state index is 0.0362. The van der Waals surface area contributed by atoms with Crippen molar-refractivity contribution in [2.45, 2.75) is 13.5 Å². The summed E-state index contributed by atoms with van der Waals surface area (Å²) in [5.41, 5.74) is 0.981. The first-order chi connectivity index (χ1) is 7.85. The lowest BCUT2D eigenvalue weighted by atomic mass is 10.2. The van der Waals surface area contributed by atoms with Crippen LogP contribution in [0.15, 0.2) is 30.5 Å². The molecular weight excluding hydrogens is 222 g/mol. The molecule has 2 rings (SSSR count). The number of hydrogen-bond acceptors (Lipinski definition) is 4. The zero-order valence-corrected chi connectivity index (χ0v) is 9.83. The van der Waals surface area contributed by atoms with Gasteiger partial charge in [0.05, 0.1) is 23.7 Å². The van der Waals surface area contributed by atoms with Gasteiger partial charge in [-0.2, -0.15) is 0 Å². The van der Waals surface area contributed by atoms with Crippen LogP contribution in [0.25, 0.3) is 10.6 Å². The Labute approximate surface area is 98.4 Å². The van der Waals surface area contributed by atoms with E-state index in [-0.39, 0.29) is 6.61 Å². The lowest BCUT2D eigenvalue weighted by Gasteiger charge is -2.06. The average molecular weight is 235 g/mol. The van der Waals surface area contributed by atoms with Crippen molar-refractivity contribution in [3.8, 4) is 16.3 Å². The lowest BCUT2D eigenvalue weighted by molar-refractivity contribution is 0.285. The predicted octanol–water partition coefficient (Wildman–Crippen LogP) is 2.70. The van der Waals surface area contributed by atoms with Gasteiger partial charge < -0.3 is 9.84 Å². The van der Waals surface area contributed by atoms with E-state index in [9.17, 15) is 0 Å². The summed E-state index contributed by atoms with van der Waals surface area (Å²) in [6.45, 7) is 2.63. The van der Waals surface area contributed by atoms with Crippen molar-refractivity contribution >= 4 is 11.3 Å². The number of rotatable bonds is 4. The maximum atomic E-state index is 9.01. The highest BCUT2D eigenvalue weighted by atomic mass is 32.1. The topological polar surface area (TPSA) is 42.4 Å². The Kier molecular flexibility index (Phi) is 3.54. The molecule has 0 saturated carbocycles. The van der Waals surface area contributed by atoms with Crippen molar-refractivity contribution < 1.29 is 9.84 Å². The van der Waals surface area contributed by atoms with Gasteiger partial charge in [0.15, 0.2) is 0 Å². The molecule has 2 aromatic rings. The molecule has 1 aromatic heterocycles. The summed E-state index contributed by atoms with van der Waals surface area (Å²) in [6, 6.07) is 7.80. The van der Waals surface area contributed by atoms with Crippen molar-refractivity contribution in [3.05, 3.63) is 35.3 Å². The lowest BCUT2D eigenvalue weighted by Crippen LogP contribution is -1.93. The molecule has 0 aliphatic carbocycles. The van der Waals surface area contributed by atoms with Gasteiger partial charge in [-0.1, -0.05) is 12.1 Å². The number of aromatic nitrogens is 1. The molecule has 0 bridgehead atoms. The van der Waals surface area contributed by atoms with Crippen LogP contribution in [0.1, 0.15) is 11.8 Å². The predicted molar refractivity (Wildman–Crippen MR) is 64.6 cm³/mol. The molecule has 84 valence electrons. The molecule has 0 spiro atoms. The van der Waals surface area contributed by atoms with E-state index in [0.717, 1.165) is 21.2 Å². The van der Waals surface area contributed by atoms with Crippen LogP contribution in [0.2, 0.25) is 0 Å². The minimum Gasteiger partial charge on any atom is -0.493 e. The first-order valence-electron chi connectivity index (χ1n) is 5.13. The maximum absolute atomic E-state index is 9.01. The number of ether oxygens (including phenoxy) is 1. The van der Waals surface area contributed by atoms with Crippen LogP contribution in [0, 0.1) is 0 Å². The maximum Gasteiger partial charge on any atom is 0.129 e. The van der Waals surface area contributed by atoms with E-state index in [1.54, 1.807) is 6.20 Å². The number of para-hydroxylation sites is 1. The monoisotopic (exact) mass is 235 g/mol. The Morgan fingerprint density at radius 3 is 2.88 bits per heavy atom. The highest BCUT2D eigenvalue weighted by Crippen LogP contribution is 2.32. The summed E-state index contributed by atoms with van der Waals surface area (Å²) in [5.74, 6) is 0.837. The van der Waals surface area contributed by atoms with E-state index >= 15 is 0 Å². The second-order valence-corrected chi connectivity index (χ2v) is 4.33. The van der Waals surface area contributed by atoms with E-state index in [4.69, 9.17) is 9.84 Å². The summed E-state index contributed by atoms with van der Waals surface area (Å²) >= 11 is 1.48. The summed E-state index contributed by atoms with van der Waals surface area (Å²) < 4.78 is 5.54. The summed E-state index contributed by atoms with van der Waals surface area (Å²) in [4.78, 5) is 5.14. The normalized spacial score (nSPS) is 10.4. The van der Waals surface area contributed by atoms with Gasteiger partial charge in [0.2, 0.25) is 0 Å². The molecule has 1 N–H and O–H groups in total. The van der Waals surface area contributed by atoms with Gasteiger partial charge in [0.1, 0.15) is 10.8 Å². The molecule has 4 heteroatoms. The van der Waals surface area contributed by atoms with Crippen LogP contribution in [0.3, 0.4) is 0 Å². The molecule has 0 amide bonds. The number of aliphatic hydroxyl groups excluding tert-OH is 1. The van der Waals surface area contributed by atoms with Crippen LogP contribution >= 0.6 is 11.3 Å². The Balaban J connectivity index is 2.38. The average Bonchev–Trinajstić information content (AvgIpc) is 2.79. The van der Waals surface area contributed by atoms with Crippen molar-refractivity contribution in [1.82, 2.24) is 4.98 Å². The Bertz CT molecular complexity index is 468. The van der Waals surface area contributed by atoms with E-state index in [0.29, 0.717) is 6.61 Å². The van der Waals surface area contributed by atoms with Gasteiger partial charge in [-0.05, 0) is 19.1 Å². The Morgan fingerprint density at radius 1 is 1.38 bits per heavy atom. The number of benzene rings is 1. The van der Waals surface area contributed by atoms with Gasteiger partial charge in [0.25, 0.3) is 0 Å². The van der Waals surface area contributed by atoms with Crippen LogP contribution in [0.4, 0.5) is 0 Å². The van der Waals surface area contributed by atoms with Gasteiger partial charge in [0, 0.05) is 6.20 Å². The van der Waals surface area contributed by atoms with Gasteiger partial charge in [-0.25, -0.2) is 4.98 Å². The molecule has 0 aliphatic heterocycles. The third-order valence-corrected chi connectivity index (χ3v) is 3.14. The summed E-state index contributed by atoms with van der Waals surface area (Å²) in [7, 11) is 0. The van der Waals surface area contributed by atoms with Crippen molar-refractivity contribution in [2.24, 2.45) is 0 Å². The van der Waals surface area contributed by atoms with Crippen LogP contribution in [0.5, 0.6) is 5.75 Å². The molecular formula is C12H13NO2S. The van der Waals surface area contributed by atoms with Crippen molar-refractivity contribution in [2.75, 3.05) is 6.61 Å². The molecule has 16 heavy (non-hydrogen) atoms. The van der Waals surface area contributed by atoms with E-state index in [1.165, 1.54) is 11.3 Å². The molecule has 1 heterocycles. The molecule has 0 unspecified atom stereocenters. The zero-order chi connectivity index (χ0) is 11.4. The second kappa shape index (κ2) is 5.09. The highest BCUT2D eigenvalue weighted by molar-refractivity contribution is 7.15. The van der Waals surface area contributed by atoms with Crippen LogP contribution in [-0.4, -0.2) is 16.7 Å². The standard InChI is InChI=1S/C12H13NO2S/c1-2-15-11-6-4-3-5-10(11)12-13-7-9(8-14)16-12/h3-7,14H,2,8H2,1H3. The SMILES string of the molecule is CCOc1ccccc1-c1ncc(CO)s1. The molecule has 0 saturated heterocycles. The van der Waals surface area contributed by atoms with Gasteiger partial charge in [-0.15, -0.1) is 11.3 Å². The smallest absolute Gasteiger partial charge is 0.129 e. The fourth-order valence-corrected chi connectivity index (χ4v) is 2.23. The van der Waals surface area contributed by atoms with E-state index in [1.807, 2.05) is 31.2 Å². The fourth-order valence-electron chi connectivity index (χ4n) is 1.43. The molecule has 0 fully saturated rings. The van der Waals surface area contributed by atoms with Gasteiger partial charge in [-0.3, -0.25) is 0 Å². The fraction of sp³-hybridized carbons (Fsp3) is 0.250. The minimum absolute atomic E-state index is 0.0362. The number of nitrogens with zero attached hydrogens (tertiary/aromatic N) is 1. The van der Waals surface area contributed by atoms with Gasteiger partial charge >= 0.3 is 0 Å². The second-order valence-electron chi connectivity index (χ2n) is 3.22. The molecule has 3 nitrogen and oxygen atoms in total. The first kappa shape index (κ1) is 11.1. The van der Waals surface area contributed by atoms with E-state index in [2.05, 4.69) is 4.98 Å². The third-order valence-electron chi connectivity index (χ3n) is 2.13. The van der Waals surface area contributed by atoms with Crippen LogP contribution < -0.4 is 4.74 Å². The molecule has 1 aromatic carbocycles. The summed E-state index contributed by atoms with van der Waals surface area (Å²) in [6.07, 6.45) is 1.70. The highest BCUT2D eigenvalue weighted by Gasteiger charge is 2.09. The largest absolute Gasteiger partial charge is 0.493 e. The Morgan fingerprint density at radius 2 is 2.19 bits per heavy atom. The Hall–Kier alpha value is -1.39. The quantitative estimate of drug-likeness (QED) is 0.886. The molecule has 0 atom stereocenters. The van der Waals surface area contributed by atoms with E-state index < -0.39 is 0 Å². The number of aliphatic hydroxyl groups is 1. The van der Waals surface area contributed by atoms with Crippen molar-refractivity contribution in [3.63, 3.8) is 0 Å². The number of hydrogen-bond donors (Lipinski definition) is 1. The summed E-state index contributed by atoms with van der Waals surface area (Å²) in [5, 5.41) is 9.89. The third kappa shape index (κ3) is 2.23. The van der Waals surface area contributed by atoms with Crippen molar-refractivity contribution in [1.29, 1.82) is 0 Å². The van der Waals surface area contributed by atoms with Crippen LogP contribution in [-0.2, 0) is 6.61 Å². The molecule has 0 aliphatic rings. The zero-order valence-electron chi connectivity index (χ0n) is 9.01.